The van der Waals surface area contributed by atoms with Gasteiger partial charge >= 0.3 is 0 Å². The highest BCUT2D eigenvalue weighted by Crippen LogP contribution is 2.31. The van der Waals surface area contributed by atoms with Gasteiger partial charge in [0, 0.05) is 18.7 Å². The summed E-state index contributed by atoms with van der Waals surface area (Å²) in [7, 11) is 0. The summed E-state index contributed by atoms with van der Waals surface area (Å²) in [6.07, 6.45) is 0.654. The number of benzene rings is 1. The van der Waals surface area contributed by atoms with E-state index in [0.29, 0.717) is 36.6 Å². The highest BCUT2D eigenvalue weighted by molar-refractivity contribution is 5.98. The fraction of sp³-hybridized carbons (Fsp3) is 0.368. The number of nitrogens with one attached hydrogen (secondary N) is 1. The van der Waals surface area contributed by atoms with Gasteiger partial charge < -0.3 is 19.4 Å². The predicted octanol–water partition coefficient (Wildman–Crippen LogP) is 2.75. The largest absolute Gasteiger partial charge is 0.482 e. The van der Waals surface area contributed by atoms with Gasteiger partial charge in [0.2, 0.25) is 0 Å². The van der Waals surface area contributed by atoms with Crippen LogP contribution in [0.5, 0.6) is 5.75 Å². The van der Waals surface area contributed by atoms with Crippen LogP contribution in [0.4, 0.5) is 5.69 Å². The van der Waals surface area contributed by atoms with Crippen molar-refractivity contribution < 1.29 is 18.7 Å². The van der Waals surface area contributed by atoms with Gasteiger partial charge in [0.25, 0.3) is 11.8 Å². The number of furan rings is 1. The maximum atomic E-state index is 12.3. The fourth-order valence-corrected chi connectivity index (χ4v) is 3.05. The van der Waals surface area contributed by atoms with Gasteiger partial charge in [0.1, 0.15) is 17.3 Å². The minimum atomic E-state index is -0.138. The quantitative estimate of drug-likeness (QED) is 0.848. The number of carbonyl (C=O) groups is 2. The summed E-state index contributed by atoms with van der Waals surface area (Å²) in [6.45, 7) is 6.58. The van der Waals surface area contributed by atoms with E-state index in [-0.39, 0.29) is 18.4 Å². The molecule has 25 heavy (non-hydrogen) atoms. The standard InChI is InChI=1S/C19H22N2O4/c1-12-13(2)25-14(3)18(12)19(23)20-9-6-10-21-15-7-4-5-8-16(15)24-11-17(21)22/h4-5,7-8H,6,9-11H2,1-3H3,(H,20,23). The lowest BCUT2D eigenvalue weighted by molar-refractivity contribution is -0.121. The summed E-state index contributed by atoms with van der Waals surface area (Å²) in [6, 6.07) is 7.47. The molecule has 132 valence electrons. The molecule has 2 aromatic rings. The fourth-order valence-electron chi connectivity index (χ4n) is 3.05. The Bertz CT molecular complexity index is 810. The molecule has 0 atom stereocenters. The molecule has 0 unspecified atom stereocenters. The lowest BCUT2D eigenvalue weighted by Crippen LogP contribution is -2.40. The van der Waals surface area contributed by atoms with E-state index in [1.54, 1.807) is 11.8 Å². The van der Waals surface area contributed by atoms with Crippen molar-refractivity contribution in [3.63, 3.8) is 0 Å². The Kier molecular flexibility index (Phi) is 4.79. The highest BCUT2D eigenvalue weighted by Gasteiger charge is 2.24. The van der Waals surface area contributed by atoms with Crippen molar-refractivity contribution in [1.82, 2.24) is 5.32 Å². The van der Waals surface area contributed by atoms with Crippen molar-refractivity contribution in [2.75, 3.05) is 24.6 Å². The molecule has 0 saturated carbocycles. The molecule has 0 aliphatic carbocycles. The topological polar surface area (TPSA) is 71.8 Å². The van der Waals surface area contributed by atoms with Crippen LogP contribution in [0.1, 0.15) is 33.9 Å². The molecule has 3 rings (SSSR count). The van der Waals surface area contributed by atoms with Gasteiger partial charge in [-0.25, -0.2) is 0 Å². The van der Waals surface area contributed by atoms with Crippen molar-refractivity contribution in [2.24, 2.45) is 0 Å². The SMILES string of the molecule is Cc1oc(C)c(C(=O)NCCCN2C(=O)COc3ccccc32)c1C. The van der Waals surface area contributed by atoms with Crippen molar-refractivity contribution in [1.29, 1.82) is 0 Å². The number of para-hydroxylation sites is 2. The number of rotatable bonds is 5. The van der Waals surface area contributed by atoms with E-state index in [0.717, 1.165) is 17.0 Å². The molecule has 2 heterocycles. The normalized spacial score (nSPS) is 13.4. The second-order valence-corrected chi connectivity index (χ2v) is 6.13. The number of anilines is 1. The van der Waals surface area contributed by atoms with Crippen molar-refractivity contribution in [2.45, 2.75) is 27.2 Å². The number of amides is 2. The Balaban J connectivity index is 1.57. The Hall–Kier alpha value is -2.76. The Morgan fingerprint density at radius 3 is 2.68 bits per heavy atom. The van der Waals surface area contributed by atoms with E-state index in [1.165, 1.54) is 0 Å². The second-order valence-electron chi connectivity index (χ2n) is 6.13. The number of aryl methyl sites for hydroxylation is 2. The average Bonchev–Trinajstić information content (AvgIpc) is 2.85. The number of nitrogens with zero attached hydrogens (tertiary/aromatic N) is 1. The third-order valence-corrected chi connectivity index (χ3v) is 4.44. The highest BCUT2D eigenvalue weighted by atomic mass is 16.5. The zero-order valence-corrected chi connectivity index (χ0v) is 14.7. The van der Waals surface area contributed by atoms with Crippen molar-refractivity contribution in [3.05, 3.63) is 46.9 Å². The van der Waals surface area contributed by atoms with Crippen LogP contribution in [-0.2, 0) is 4.79 Å². The molecule has 0 fully saturated rings. The van der Waals surface area contributed by atoms with Crippen LogP contribution in [0.2, 0.25) is 0 Å². The average molecular weight is 342 g/mol. The summed E-state index contributed by atoms with van der Waals surface area (Å²) >= 11 is 0. The van der Waals surface area contributed by atoms with Crippen LogP contribution in [0.25, 0.3) is 0 Å². The van der Waals surface area contributed by atoms with Crippen LogP contribution >= 0.6 is 0 Å². The van der Waals surface area contributed by atoms with E-state index in [1.807, 2.05) is 38.1 Å². The van der Waals surface area contributed by atoms with Crippen LogP contribution in [0.15, 0.2) is 28.7 Å². The molecule has 6 heteroatoms. The molecule has 0 spiro atoms. The maximum absolute atomic E-state index is 12.3. The molecule has 2 amide bonds. The molecular formula is C19H22N2O4. The molecule has 0 saturated heterocycles. The Morgan fingerprint density at radius 2 is 1.96 bits per heavy atom. The molecule has 1 aliphatic rings. The van der Waals surface area contributed by atoms with E-state index in [4.69, 9.17) is 9.15 Å². The van der Waals surface area contributed by atoms with Gasteiger partial charge in [-0.15, -0.1) is 0 Å². The third kappa shape index (κ3) is 3.38. The molecule has 1 N–H and O–H groups in total. The number of ether oxygens (including phenoxy) is 1. The first-order valence-electron chi connectivity index (χ1n) is 8.36. The van der Waals surface area contributed by atoms with Gasteiger partial charge in [-0.1, -0.05) is 12.1 Å². The predicted molar refractivity (Wildman–Crippen MR) is 94.2 cm³/mol. The lowest BCUT2D eigenvalue weighted by Gasteiger charge is -2.29. The number of hydrogen-bond donors (Lipinski definition) is 1. The van der Waals surface area contributed by atoms with Crippen LogP contribution in [0.3, 0.4) is 0 Å². The molecule has 1 aromatic carbocycles. The van der Waals surface area contributed by atoms with Crippen LogP contribution < -0.4 is 15.0 Å². The second kappa shape index (κ2) is 7.01. The summed E-state index contributed by atoms with van der Waals surface area (Å²) in [5.41, 5.74) is 2.25. The van der Waals surface area contributed by atoms with Crippen LogP contribution in [0, 0.1) is 20.8 Å². The molecular weight excluding hydrogens is 320 g/mol. The van der Waals surface area contributed by atoms with E-state index in [2.05, 4.69) is 5.32 Å². The van der Waals surface area contributed by atoms with Gasteiger partial charge in [-0.2, -0.15) is 0 Å². The third-order valence-electron chi connectivity index (χ3n) is 4.44. The minimum absolute atomic E-state index is 0.0516. The smallest absolute Gasteiger partial charge is 0.265 e. The van der Waals surface area contributed by atoms with Gasteiger partial charge in [-0.3, -0.25) is 9.59 Å². The Labute approximate surface area is 146 Å². The van der Waals surface area contributed by atoms with Gasteiger partial charge in [0.15, 0.2) is 6.61 Å². The summed E-state index contributed by atoms with van der Waals surface area (Å²) < 4.78 is 10.9. The van der Waals surface area contributed by atoms with E-state index < -0.39 is 0 Å². The zero-order valence-electron chi connectivity index (χ0n) is 14.7. The number of fused-ring (bicyclic) bond motifs is 1. The first-order chi connectivity index (χ1) is 12.0. The van der Waals surface area contributed by atoms with Crippen LogP contribution in [-0.4, -0.2) is 31.5 Å². The van der Waals surface area contributed by atoms with Gasteiger partial charge in [-0.05, 0) is 39.3 Å². The first kappa shape index (κ1) is 17.1. The monoisotopic (exact) mass is 342 g/mol. The van der Waals surface area contributed by atoms with Gasteiger partial charge in [0.05, 0.1) is 11.3 Å². The van der Waals surface area contributed by atoms with Crippen molar-refractivity contribution in [3.8, 4) is 5.75 Å². The number of hydrogen-bond acceptors (Lipinski definition) is 4. The summed E-state index contributed by atoms with van der Waals surface area (Å²) in [5, 5.41) is 2.90. The molecule has 0 bridgehead atoms. The van der Waals surface area contributed by atoms with E-state index >= 15 is 0 Å². The molecule has 6 nitrogen and oxygen atoms in total. The van der Waals surface area contributed by atoms with Crippen molar-refractivity contribution >= 4 is 17.5 Å². The summed E-state index contributed by atoms with van der Waals surface area (Å²) in [5.74, 6) is 1.90. The lowest BCUT2D eigenvalue weighted by atomic mass is 10.1. The maximum Gasteiger partial charge on any atom is 0.265 e. The molecule has 1 aliphatic heterocycles. The molecule has 1 aromatic heterocycles. The molecule has 0 radical (unpaired) electrons. The summed E-state index contributed by atoms with van der Waals surface area (Å²) in [4.78, 5) is 26.2. The Morgan fingerprint density at radius 1 is 1.20 bits per heavy atom. The minimum Gasteiger partial charge on any atom is -0.482 e. The zero-order chi connectivity index (χ0) is 18.0. The van der Waals surface area contributed by atoms with E-state index in [9.17, 15) is 9.59 Å². The number of carbonyl (C=O) groups excluding carboxylic acids is 2. The first-order valence-corrected chi connectivity index (χ1v) is 8.36.